The minimum Gasteiger partial charge on any atom is -0.496 e. The van der Waals surface area contributed by atoms with Crippen molar-refractivity contribution in [1.29, 1.82) is 0 Å². The van der Waals surface area contributed by atoms with Gasteiger partial charge in [-0.05, 0) is 35.9 Å². The highest BCUT2D eigenvalue weighted by Crippen LogP contribution is 2.42. The molecule has 1 saturated heterocycles. The average molecular weight is 445 g/mol. The van der Waals surface area contributed by atoms with Crippen LogP contribution in [0, 0.1) is 0 Å². The fraction of sp³-hybridized carbons (Fsp3) is 0.435. The fourth-order valence-corrected chi connectivity index (χ4v) is 3.84. The van der Waals surface area contributed by atoms with E-state index in [9.17, 15) is 14.4 Å². The molecular formula is C23H27NO8. The maximum absolute atomic E-state index is 11.9. The van der Waals surface area contributed by atoms with Gasteiger partial charge in [0.15, 0.2) is 12.2 Å². The smallest absolute Gasteiger partial charge is 0.303 e. The van der Waals surface area contributed by atoms with Gasteiger partial charge in [-0.3, -0.25) is 14.4 Å². The molecular weight excluding hydrogens is 418 g/mol. The minimum atomic E-state index is -0.968. The first-order valence-corrected chi connectivity index (χ1v) is 10.1. The molecule has 4 atom stereocenters. The number of hydrogen-bond acceptors (Lipinski definition) is 8. The molecule has 0 amide bonds. The summed E-state index contributed by atoms with van der Waals surface area (Å²) in [7, 11) is 3.45. The number of aryl methyl sites for hydroxylation is 1. The van der Waals surface area contributed by atoms with Crippen molar-refractivity contribution in [3.8, 4) is 17.0 Å². The van der Waals surface area contributed by atoms with Crippen molar-refractivity contribution in [3.05, 3.63) is 42.1 Å². The number of esters is 3. The molecule has 0 bridgehead atoms. The second-order valence-corrected chi connectivity index (χ2v) is 7.51. The molecule has 9 nitrogen and oxygen atoms in total. The van der Waals surface area contributed by atoms with Crippen LogP contribution in [-0.2, 0) is 40.4 Å². The lowest BCUT2D eigenvalue weighted by Crippen LogP contribution is -2.40. The maximum Gasteiger partial charge on any atom is 0.303 e. The average Bonchev–Trinajstić information content (AvgIpc) is 3.29. The fourth-order valence-electron chi connectivity index (χ4n) is 3.84. The molecule has 0 N–H and O–H groups in total. The predicted octanol–water partition coefficient (Wildman–Crippen LogP) is 2.57. The quantitative estimate of drug-likeness (QED) is 0.473. The number of ether oxygens (including phenoxy) is 5. The van der Waals surface area contributed by atoms with Crippen LogP contribution in [0.25, 0.3) is 11.3 Å². The summed E-state index contributed by atoms with van der Waals surface area (Å²) >= 11 is 0. The summed E-state index contributed by atoms with van der Waals surface area (Å²) in [6.45, 7) is 3.61. The van der Waals surface area contributed by atoms with Crippen LogP contribution >= 0.6 is 0 Å². The summed E-state index contributed by atoms with van der Waals surface area (Å²) in [6, 6.07) is 9.49. The molecule has 1 aliphatic rings. The predicted molar refractivity (Wildman–Crippen MR) is 113 cm³/mol. The topological polar surface area (TPSA) is 102 Å². The van der Waals surface area contributed by atoms with Gasteiger partial charge >= 0.3 is 17.9 Å². The molecule has 3 rings (SSSR count). The Hall–Kier alpha value is -3.33. The number of hydrogen-bond donors (Lipinski definition) is 0. The Morgan fingerprint density at radius 2 is 1.69 bits per heavy atom. The Morgan fingerprint density at radius 3 is 2.25 bits per heavy atom. The number of carbonyl (C=O) groups excluding carboxylic acids is 3. The van der Waals surface area contributed by atoms with Gasteiger partial charge in [0.1, 0.15) is 24.6 Å². The van der Waals surface area contributed by atoms with Crippen LogP contribution in [0.15, 0.2) is 36.5 Å². The van der Waals surface area contributed by atoms with E-state index in [-0.39, 0.29) is 6.61 Å². The highest BCUT2D eigenvalue weighted by atomic mass is 16.6. The molecule has 172 valence electrons. The molecule has 0 unspecified atom stereocenters. The van der Waals surface area contributed by atoms with Crippen molar-refractivity contribution in [2.24, 2.45) is 7.05 Å². The lowest BCUT2D eigenvalue weighted by atomic mass is 9.97. The standard InChI is InChI=1S/C23H27NO8/c1-13(25)29-12-20-22(30-14(2)26)23(31-15(3)27)21(32-20)17-11-16(8-9-19(17)28-5)18-7-6-10-24(18)4/h6-11,20-23H,12H2,1-5H3/t20-,21+,22-,23+/m1/s1. The van der Waals surface area contributed by atoms with E-state index >= 15 is 0 Å². The zero-order chi connectivity index (χ0) is 23.4. The van der Waals surface area contributed by atoms with E-state index in [0.717, 1.165) is 11.3 Å². The highest BCUT2D eigenvalue weighted by molar-refractivity contribution is 5.68. The van der Waals surface area contributed by atoms with E-state index in [1.807, 2.05) is 42.1 Å². The zero-order valence-corrected chi connectivity index (χ0v) is 18.7. The molecule has 0 saturated carbocycles. The largest absolute Gasteiger partial charge is 0.496 e. The van der Waals surface area contributed by atoms with E-state index in [2.05, 4.69) is 0 Å². The Balaban J connectivity index is 2.06. The van der Waals surface area contributed by atoms with Gasteiger partial charge in [-0.25, -0.2) is 0 Å². The van der Waals surface area contributed by atoms with Crippen LogP contribution in [0.3, 0.4) is 0 Å². The number of rotatable bonds is 7. The Bertz CT molecular complexity index is 998. The van der Waals surface area contributed by atoms with Gasteiger partial charge < -0.3 is 28.3 Å². The van der Waals surface area contributed by atoms with Crippen molar-refractivity contribution in [2.45, 2.75) is 45.2 Å². The lowest BCUT2D eigenvalue weighted by molar-refractivity contribution is -0.165. The van der Waals surface area contributed by atoms with Gasteiger partial charge in [0.25, 0.3) is 0 Å². The van der Waals surface area contributed by atoms with Crippen LogP contribution < -0.4 is 4.74 Å². The van der Waals surface area contributed by atoms with E-state index < -0.39 is 42.3 Å². The van der Waals surface area contributed by atoms with Gasteiger partial charge in [0.2, 0.25) is 0 Å². The van der Waals surface area contributed by atoms with Gasteiger partial charge in [0.05, 0.1) is 7.11 Å². The van der Waals surface area contributed by atoms with Crippen LogP contribution in [0.4, 0.5) is 0 Å². The third-order valence-electron chi connectivity index (χ3n) is 5.14. The summed E-state index contributed by atoms with van der Waals surface area (Å²) in [4.78, 5) is 35.0. The number of carbonyl (C=O) groups is 3. The summed E-state index contributed by atoms with van der Waals surface area (Å²) in [5, 5.41) is 0. The molecule has 9 heteroatoms. The first kappa shape index (κ1) is 23.3. The molecule has 1 fully saturated rings. The minimum absolute atomic E-state index is 0.165. The van der Waals surface area contributed by atoms with Crippen LogP contribution in [-0.4, -0.2) is 54.5 Å². The van der Waals surface area contributed by atoms with E-state index in [4.69, 9.17) is 23.7 Å². The second-order valence-electron chi connectivity index (χ2n) is 7.51. The van der Waals surface area contributed by atoms with Crippen molar-refractivity contribution in [2.75, 3.05) is 13.7 Å². The van der Waals surface area contributed by atoms with Gasteiger partial charge in [0, 0.05) is 45.3 Å². The van der Waals surface area contributed by atoms with E-state index in [1.54, 1.807) is 6.07 Å². The van der Waals surface area contributed by atoms with Crippen molar-refractivity contribution in [1.82, 2.24) is 4.57 Å². The number of methoxy groups -OCH3 is 1. The summed E-state index contributed by atoms with van der Waals surface area (Å²) < 4.78 is 29.7. The Labute approximate surface area is 186 Å². The maximum atomic E-state index is 11.9. The first-order valence-electron chi connectivity index (χ1n) is 10.1. The number of benzene rings is 1. The molecule has 1 aliphatic heterocycles. The van der Waals surface area contributed by atoms with Gasteiger partial charge in [-0.15, -0.1) is 0 Å². The number of nitrogens with zero attached hydrogens (tertiary/aromatic N) is 1. The molecule has 2 heterocycles. The summed E-state index contributed by atoms with van der Waals surface area (Å²) in [5.74, 6) is -1.13. The lowest BCUT2D eigenvalue weighted by Gasteiger charge is -2.24. The Kier molecular flexibility index (Phi) is 7.19. The van der Waals surface area contributed by atoms with E-state index in [0.29, 0.717) is 11.3 Å². The first-order chi connectivity index (χ1) is 15.2. The molecule has 0 aliphatic carbocycles. The van der Waals surface area contributed by atoms with Crippen molar-refractivity contribution in [3.63, 3.8) is 0 Å². The molecule has 1 aromatic carbocycles. The van der Waals surface area contributed by atoms with Crippen LogP contribution in [0.1, 0.15) is 32.4 Å². The zero-order valence-electron chi connectivity index (χ0n) is 18.7. The molecule has 0 radical (unpaired) electrons. The molecule has 1 aromatic heterocycles. The van der Waals surface area contributed by atoms with Gasteiger partial charge in [-0.1, -0.05) is 0 Å². The third-order valence-corrected chi connectivity index (χ3v) is 5.14. The van der Waals surface area contributed by atoms with Crippen molar-refractivity contribution >= 4 is 17.9 Å². The molecule has 0 spiro atoms. The normalized spacial score (nSPS) is 22.3. The Morgan fingerprint density at radius 1 is 1.00 bits per heavy atom. The SMILES string of the molecule is COc1ccc(-c2cccn2C)cc1[C@@H]1O[C@H](COC(C)=O)[C@@H](OC(C)=O)[C@H]1OC(C)=O. The summed E-state index contributed by atoms with van der Waals surface area (Å²) in [5.41, 5.74) is 2.47. The summed E-state index contributed by atoms with van der Waals surface area (Å²) in [6.07, 6.45) is -1.66. The van der Waals surface area contributed by atoms with E-state index in [1.165, 1.54) is 27.9 Å². The number of aromatic nitrogens is 1. The van der Waals surface area contributed by atoms with Gasteiger partial charge in [-0.2, -0.15) is 0 Å². The van der Waals surface area contributed by atoms with Crippen LogP contribution in [0.5, 0.6) is 5.75 Å². The van der Waals surface area contributed by atoms with Crippen molar-refractivity contribution < 1.29 is 38.1 Å². The second kappa shape index (κ2) is 9.86. The van der Waals surface area contributed by atoms with Crippen LogP contribution in [0.2, 0.25) is 0 Å². The molecule has 2 aromatic rings. The third kappa shape index (κ3) is 5.11. The monoisotopic (exact) mass is 445 g/mol. The molecule has 32 heavy (non-hydrogen) atoms. The highest BCUT2D eigenvalue weighted by Gasteiger charge is 2.51.